The molecule has 8 nitrogen and oxygen atoms in total. The van der Waals surface area contributed by atoms with E-state index in [1.54, 1.807) is 23.1 Å². The fourth-order valence-electron chi connectivity index (χ4n) is 3.04. The summed E-state index contributed by atoms with van der Waals surface area (Å²) in [7, 11) is 4.09. The standard InChI is InChI=1S/C23H30Cl2N2O2.C4H4O4/c1-17(2)16-29-22-10-6-5-9-21(22)27(14-8-7-13-26(3)4)23(28)19-15-18(24)11-12-20(19)25;5-3(6)1-2-4(7)8/h5-6,9-12,15,17H,7-8,13-14,16H2,1-4H3;1-2H,(H,5,6)(H,7,8). The molecule has 0 aliphatic rings. The molecule has 2 rings (SSSR count). The van der Waals surface area contributed by atoms with Gasteiger partial charge < -0.3 is 24.7 Å². The van der Waals surface area contributed by atoms with Crippen molar-refractivity contribution < 1.29 is 29.3 Å². The van der Waals surface area contributed by atoms with Crippen LogP contribution in [-0.4, -0.2) is 66.8 Å². The topological polar surface area (TPSA) is 107 Å². The van der Waals surface area contributed by atoms with Gasteiger partial charge in [0.15, 0.2) is 0 Å². The van der Waals surface area contributed by atoms with Crippen LogP contribution in [0.5, 0.6) is 5.75 Å². The molecule has 0 unspecified atom stereocenters. The average Bonchev–Trinajstić information content (AvgIpc) is 2.83. The lowest BCUT2D eigenvalue weighted by Gasteiger charge is -2.26. The molecule has 1 amide bonds. The highest BCUT2D eigenvalue weighted by Crippen LogP contribution is 2.32. The number of anilines is 1. The number of nitrogens with zero attached hydrogens (tertiary/aromatic N) is 2. The Hall–Kier alpha value is -3.07. The minimum Gasteiger partial charge on any atom is -0.491 e. The second-order valence-corrected chi connectivity index (χ2v) is 9.62. The van der Waals surface area contributed by atoms with Crippen LogP contribution in [0.4, 0.5) is 5.69 Å². The zero-order chi connectivity index (χ0) is 28.0. The van der Waals surface area contributed by atoms with Crippen molar-refractivity contribution in [3.63, 3.8) is 0 Å². The number of unbranched alkanes of at least 4 members (excludes halogenated alkanes) is 1. The van der Waals surface area contributed by atoms with Crippen molar-refractivity contribution in [2.24, 2.45) is 5.92 Å². The molecule has 0 fully saturated rings. The summed E-state index contributed by atoms with van der Waals surface area (Å²) in [6.07, 6.45) is 2.96. The van der Waals surface area contributed by atoms with Gasteiger partial charge in [0.2, 0.25) is 0 Å². The second kappa shape index (κ2) is 16.6. The van der Waals surface area contributed by atoms with Crippen LogP contribution in [0.3, 0.4) is 0 Å². The number of carboxylic acids is 2. The Bertz CT molecular complexity index is 1060. The van der Waals surface area contributed by atoms with Crippen molar-refractivity contribution in [3.05, 3.63) is 70.2 Å². The number of ether oxygens (including phenoxy) is 1. The lowest BCUT2D eigenvalue weighted by atomic mass is 10.1. The number of carboxylic acid groups (broad SMARTS) is 2. The van der Waals surface area contributed by atoms with Gasteiger partial charge in [0.1, 0.15) is 5.75 Å². The SMILES string of the molecule is CC(C)COc1ccccc1N(CCCCN(C)C)C(=O)c1cc(Cl)ccc1Cl.O=C(O)C=CC(=O)O. The van der Waals surface area contributed by atoms with E-state index in [0.717, 1.165) is 25.1 Å². The van der Waals surface area contributed by atoms with Gasteiger partial charge in [0.05, 0.1) is 22.9 Å². The van der Waals surface area contributed by atoms with Crippen molar-refractivity contribution in [3.8, 4) is 5.75 Å². The zero-order valence-corrected chi connectivity index (χ0v) is 23.0. The molecule has 202 valence electrons. The molecule has 0 aliphatic heterocycles. The summed E-state index contributed by atoms with van der Waals surface area (Å²) in [4.78, 5) is 36.5. The fourth-order valence-corrected chi connectivity index (χ4v) is 3.41. The Kier molecular flexibility index (Phi) is 14.4. The first-order chi connectivity index (χ1) is 17.4. The molecule has 0 spiro atoms. The monoisotopic (exact) mass is 552 g/mol. The number of aliphatic carboxylic acids is 2. The molecule has 37 heavy (non-hydrogen) atoms. The first-order valence-electron chi connectivity index (χ1n) is 11.7. The second-order valence-electron chi connectivity index (χ2n) is 8.77. The quantitative estimate of drug-likeness (QED) is 0.255. The molecular formula is C27H34Cl2N2O6. The Morgan fingerprint density at radius 3 is 2.11 bits per heavy atom. The van der Waals surface area contributed by atoms with E-state index < -0.39 is 11.9 Å². The third-order valence-corrected chi connectivity index (χ3v) is 5.30. The number of benzene rings is 2. The van der Waals surface area contributed by atoms with E-state index in [-0.39, 0.29) is 5.91 Å². The molecule has 2 aromatic rings. The predicted octanol–water partition coefficient (Wildman–Crippen LogP) is 5.73. The summed E-state index contributed by atoms with van der Waals surface area (Å²) in [6, 6.07) is 12.6. The summed E-state index contributed by atoms with van der Waals surface area (Å²) in [5.74, 6) is -1.61. The number of hydrogen-bond acceptors (Lipinski definition) is 5. The van der Waals surface area contributed by atoms with Crippen molar-refractivity contribution in [2.75, 3.05) is 38.7 Å². The molecule has 0 saturated heterocycles. The van der Waals surface area contributed by atoms with E-state index in [2.05, 4.69) is 18.7 Å². The van der Waals surface area contributed by atoms with Crippen molar-refractivity contribution in [1.82, 2.24) is 4.90 Å². The van der Waals surface area contributed by atoms with E-state index >= 15 is 0 Å². The first-order valence-corrected chi connectivity index (χ1v) is 12.4. The molecule has 0 aliphatic carbocycles. The highest BCUT2D eigenvalue weighted by molar-refractivity contribution is 6.36. The maximum absolute atomic E-state index is 13.5. The van der Waals surface area contributed by atoms with Gasteiger partial charge in [-0.1, -0.05) is 49.2 Å². The molecule has 2 N–H and O–H groups in total. The normalized spacial score (nSPS) is 10.8. The Labute approximate surface area is 228 Å². The van der Waals surface area contributed by atoms with Crippen LogP contribution in [0, 0.1) is 5.92 Å². The smallest absolute Gasteiger partial charge is 0.328 e. The highest BCUT2D eigenvalue weighted by Gasteiger charge is 2.23. The summed E-state index contributed by atoms with van der Waals surface area (Å²) in [5, 5.41) is 16.5. The van der Waals surface area contributed by atoms with E-state index in [4.69, 9.17) is 38.2 Å². The molecule has 10 heteroatoms. The Morgan fingerprint density at radius 1 is 0.946 bits per heavy atom. The molecule has 0 radical (unpaired) electrons. The largest absolute Gasteiger partial charge is 0.491 e. The summed E-state index contributed by atoms with van der Waals surface area (Å²) < 4.78 is 6.00. The van der Waals surface area contributed by atoms with Gasteiger partial charge in [-0.3, -0.25) is 4.79 Å². The van der Waals surface area contributed by atoms with Crippen LogP contribution in [-0.2, 0) is 9.59 Å². The molecular weight excluding hydrogens is 519 g/mol. The van der Waals surface area contributed by atoms with Crippen molar-refractivity contribution in [2.45, 2.75) is 26.7 Å². The minimum atomic E-state index is -1.26. The summed E-state index contributed by atoms with van der Waals surface area (Å²) >= 11 is 12.5. The first kappa shape index (κ1) is 32.0. The average molecular weight is 553 g/mol. The van der Waals surface area contributed by atoms with Gasteiger partial charge in [-0.2, -0.15) is 0 Å². The van der Waals surface area contributed by atoms with Gasteiger partial charge in [0.25, 0.3) is 5.91 Å². The van der Waals surface area contributed by atoms with Crippen LogP contribution in [0.2, 0.25) is 10.0 Å². The van der Waals surface area contributed by atoms with Crippen LogP contribution in [0.15, 0.2) is 54.6 Å². The predicted molar refractivity (Wildman–Crippen MR) is 147 cm³/mol. The molecule has 2 aromatic carbocycles. The zero-order valence-electron chi connectivity index (χ0n) is 21.5. The third-order valence-electron chi connectivity index (χ3n) is 4.74. The van der Waals surface area contributed by atoms with Crippen LogP contribution >= 0.6 is 23.2 Å². The summed E-state index contributed by atoms with van der Waals surface area (Å²) in [5.41, 5.74) is 1.14. The van der Waals surface area contributed by atoms with Gasteiger partial charge >= 0.3 is 11.9 Å². The molecule has 0 aromatic heterocycles. The number of amides is 1. The Morgan fingerprint density at radius 2 is 1.54 bits per heavy atom. The number of rotatable bonds is 12. The van der Waals surface area contributed by atoms with Crippen molar-refractivity contribution in [1.29, 1.82) is 0 Å². The molecule has 0 heterocycles. The van der Waals surface area contributed by atoms with E-state index in [9.17, 15) is 14.4 Å². The fraction of sp³-hybridized carbons (Fsp3) is 0.370. The third kappa shape index (κ3) is 12.6. The molecule has 0 bridgehead atoms. The highest BCUT2D eigenvalue weighted by atomic mass is 35.5. The van der Waals surface area contributed by atoms with Crippen molar-refractivity contribution >= 4 is 46.7 Å². The van der Waals surface area contributed by atoms with Crippen LogP contribution < -0.4 is 9.64 Å². The summed E-state index contributed by atoms with van der Waals surface area (Å²) in [6.45, 7) is 6.30. The lowest BCUT2D eigenvalue weighted by molar-refractivity contribution is -0.134. The van der Waals surface area contributed by atoms with E-state index in [1.165, 1.54) is 0 Å². The maximum Gasteiger partial charge on any atom is 0.328 e. The van der Waals surface area contributed by atoms with E-state index in [0.29, 0.717) is 52.6 Å². The Balaban J connectivity index is 0.000000738. The van der Waals surface area contributed by atoms with E-state index in [1.807, 2.05) is 38.4 Å². The number of para-hydroxylation sites is 2. The number of carbonyl (C=O) groups excluding carboxylic acids is 1. The number of hydrogen-bond donors (Lipinski definition) is 2. The number of carbonyl (C=O) groups is 3. The lowest BCUT2D eigenvalue weighted by Crippen LogP contribution is -2.33. The van der Waals surface area contributed by atoms with Gasteiger partial charge in [0, 0.05) is 23.7 Å². The maximum atomic E-state index is 13.5. The minimum absolute atomic E-state index is 0.178. The van der Waals surface area contributed by atoms with Crippen LogP contribution in [0.1, 0.15) is 37.0 Å². The van der Waals surface area contributed by atoms with Gasteiger partial charge in [-0.15, -0.1) is 0 Å². The van der Waals surface area contributed by atoms with Crippen LogP contribution in [0.25, 0.3) is 0 Å². The molecule has 0 atom stereocenters. The van der Waals surface area contributed by atoms with Gasteiger partial charge in [-0.25, -0.2) is 9.59 Å². The molecule has 0 saturated carbocycles. The van der Waals surface area contributed by atoms with Gasteiger partial charge in [-0.05, 0) is 69.7 Å². The number of halogens is 2.